The molecule has 0 saturated heterocycles. The lowest BCUT2D eigenvalue weighted by atomic mass is 10.1. The van der Waals surface area contributed by atoms with Gasteiger partial charge in [-0.1, -0.05) is 11.6 Å². The normalized spacial score (nSPS) is 17.5. The van der Waals surface area contributed by atoms with Crippen LogP contribution in [0.3, 0.4) is 0 Å². The van der Waals surface area contributed by atoms with Gasteiger partial charge in [-0.05, 0) is 58.0 Å². The fourth-order valence-corrected chi connectivity index (χ4v) is 3.53. The van der Waals surface area contributed by atoms with Crippen molar-refractivity contribution in [3.8, 4) is 0 Å². The molecule has 22 heavy (non-hydrogen) atoms. The Bertz CT molecular complexity index is 663. The average Bonchev–Trinajstić information content (AvgIpc) is 2.62. The summed E-state index contributed by atoms with van der Waals surface area (Å²) in [6.07, 6.45) is 1.47. The Morgan fingerprint density at radius 3 is 2.95 bits per heavy atom. The van der Waals surface area contributed by atoms with E-state index >= 15 is 0 Å². The molecule has 1 aromatic carbocycles. The third-order valence-electron chi connectivity index (χ3n) is 4.52. The minimum atomic E-state index is -0.744. The van der Waals surface area contributed by atoms with Crippen LogP contribution in [0.15, 0.2) is 18.2 Å². The number of aryl methyl sites for hydroxylation is 1. The Morgan fingerprint density at radius 2 is 2.18 bits per heavy atom. The highest BCUT2D eigenvalue weighted by Crippen LogP contribution is 2.31. The van der Waals surface area contributed by atoms with E-state index in [0.717, 1.165) is 25.9 Å². The fourth-order valence-electron chi connectivity index (χ4n) is 3.53. The van der Waals surface area contributed by atoms with Crippen molar-refractivity contribution in [1.29, 1.82) is 0 Å². The topological polar surface area (TPSA) is 37.6 Å². The zero-order valence-corrected chi connectivity index (χ0v) is 13.8. The Morgan fingerprint density at radius 1 is 1.36 bits per heavy atom. The molecule has 0 saturated carbocycles. The monoisotopic (exact) mass is 302 g/mol. The first-order valence-corrected chi connectivity index (χ1v) is 8.19. The van der Waals surface area contributed by atoms with Gasteiger partial charge in [0.05, 0.1) is 6.54 Å². The van der Waals surface area contributed by atoms with Crippen LogP contribution in [0.4, 0.5) is 0 Å². The van der Waals surface area contributed by atoms with Crippen LogP contribution < -0.4 is 0 Å². The van der Waals surface area contributed by atoms with Crippen molar-refractivity contribution in [3.63, 3.8) is 0 Å². The molecular weight excluding hydrogens is 276 g/mol. The molecule has 4 heteroatoms. The first-order chi connectivity index (χ1) is 10.6. The van der Waals surface area contributed by atoms with Gasteiger partial charge in [0.2, 0.25) is 0 Å². The van der Waals surface area contributed by atoms with Crippen molar-refractivity contribution in [2.24, 2.45) is 0 Å². The number of aliphatic hydroxyl groups is 1. The molecule has 0 aliphatic carbocycles. The molecule has 2 heterocycles. The zero-order chi connectivity index (χ0) is 15.7. The van der Waals surface area contributed by atoms with Gasteiger partial charge in [0.15, 0.2) is 6.29 Å². The molecule has 3 rings (SSSR count). The van der Waals surface area contributed by atoms with E-state index in [0.29, 0.717) is 13.2 Å². The van der Waals surface area contributed by atoms with Crippen molar-refractivity contribution in [1.82, 2.24) is 9.47 Å². The first kappa shape index (κ1) is 15.5. The van der Waals surface area contributed by atoms with Crippen LogP contribution in [-0.4, -0.2) is 41.1 Å². The van der Waals surface area contributed by atoms with Crippen LogP contribution in [0, 0.1) is 6.92 Å². The maximum Gasteiger partial charge on any atom is 0.172 e. The molecule has 0 spiro atoms. The number of rotatable bonds is 4. The smallest absolute Gasteiger partial charge is 0.172 e. The number of hydrogen-bond donors (Lipinski definition) is 1. The second kappa shape index (κ2) is 6.41. The minimum absolute atomic E-state index is 0.506. The summed E-state index contributed by atoms with van der Waals surface area (Å²) in [5, 5.41) is 11.4. The highest BCUT2D eigenvalue weighted by molar-refractivity contribution is 5.86. The summed E-state index contributed by atoms with van der Waals surface area (Å²) in [6, 6.07) is 6.60. The number of fused-ring (bicyclic) bond motifs is 3. The van der Waals surface area contributed by atoms with E-state index in [1.54, 1.807) is 0 Å². The zero-order valence-electron chi connectivity index (χ0n) is 13.8. The summed E-state index contributed by atoms with van der Waals surface area (Å²) in [7, 11) is 2.18. The largest absolute Gasteiger partial charge is 0.366 e. The standard InChI is InChI=1S/C18H26N2O2/c1-4-22-18(21)12-20-16-6-5-9-19(3)11-15(16)14-10-13(2)7-8-17(14)20/h7-8,10,18,21H,4-6,9,11-12H2,1-3H3. The molecule has 0 radical (unpaired) electrons. The molecule has 1 aromatic heterocycles. The summed E-state index contributed by atoms with van der Waals surface area (Å²) in [5.41, 5.74) is 5.28. The molecule has 0 amide bonds. The summed E-state index contributed by atoms with van der Waals surface area (Å²) in [5.74, 6) is 0. The van der Waals surface area contributed by atoms with Crippen molar-refractivity contribution in [2.75, 3.05) is 20.2 Å². The third kappa shape index (κ3) is 2.91. The second-order valence-electron chi connectivity index (χ2n) is 6.31. The fraction of sp³-hybridized carbons (Fsp3) is 0.556. The molecule has 1 aliphatic rings. The maximum atomic E-state index is 10.1. The molecule has 120 valence electrons. The Hall–Kier alpha value is -1.36. The Balaban J connectivity index is 2.11. The highest BCUT2D eigenvalue weighted by atomic mass is 16.6. The van der Waals surface area contributed by atoms with Crippen molar-refractivity contribution in [2.45, 2.75) is 46.1 Å². The van der Waals surface area contributed by atoms with Gasteiger partial charge < -0.3 is 19.3 Å². The minimum Gasteiger partial charge on any atom is -0.366 e. The van der Waals surface area contributed by atoms with Crippen molar-refractivity contribution < 1.29 is 9.84 Å². The second-order valence-corrected chi connectivity index (χ2v) is 6.31. The molecule has 1 N–H and O–H groups in total. The van der Waals surface area contributed by atoms with Gasteiger partial charge in [0.25, 0.3) is 0 Å². The average molecular weight is 302 g/mol. The van der Waals surface area contributed by atoms with Gasteiger partial charge in [-0.2, -0.15) is 0 Å². The van der Waals surface area contributed by atoms with Crippen LogP contribution >= 0.6 is 0 Å². The lowest BCUT2D eigenvalue weighted by Crippen LogP contribution is -2.20. The van der Waals surface area contributed by atoms with Crippen LogP contribution in [-0.2, 0) is 24.2 Å². The van der Waals surface area contributed by atoms with Crippen LogP contribution in [0.25, 0.3) is 10.9 Å². The first-order valence-electron chi connectivity index (χ1n) is 8.19. The number of benzene rings is 1. The van der Waals surface area contributed by atoms with Crippen LogP contribution in [0.5, 0.6) is 0 Å². The number of nitrogens with zero attached hydrogens (tertiary/aromatic N) is 2. The molecular formula is C18H26N2O2. The van der Waals surface area contributed by atoms with E-state index in [4.69, 9.17) is 4.74 Å². The maximum absolute atomic E-state index is 10.1. The number of hydrogen-bond acceptors (Lipinski definition) is 3. The van der Waals surface area contributed by atoms with Crippen LogP contribution in [0.2, 0.25) is 0 Å². The van der Waals surface area contributed by atoms with Crippen molar-refractivity contribution in [3.05, 3.63) is 35.0 Å². The molecule has 2 aromatic rings. The van der Waals surface area contributed by atoms with E-state index < -0.39 is 6.29 Å². The number of ether oxygens (including phenoxy) is 1. The highest BCUT2D eigenvalue weighted by Gasteiger charge is 2.22. The summed E-state index contributed by atoms with van der Waals surface area (Å²) in [4.78, 5) is 2.39. The lowest BCUT2D eigenvalue weighted by Gasteiger charge is -2.15. The van der Waals surface area contributed by atoms with Gasteiger partial charge in [0, 0.05) is 29.7 Å². The van der Waals surface area contributed by atoms with Gasteiger partial charge in [-0.3, -0.25) is 0 Å². The van der Waals surface area contributed by atoms with E-state index in [9.17, 15) is 5.11 Å². The van der Waals surface area contributed by atoms with Crippen molar-refractivity contribution >= 4 is 10.9 Å². The molecule has 1 aliphatic heterocycles. The molecule has 0 bridgehead atoms. The Kier molecular flexibility index (Phi) is 4.52. The van der Waals surface area contributed by atoms with Gasteiger partial charge in [-0.15, -0.1) is 0 Å². The number of aliphatic hydroxyl groups excluding tert-OH is 1. The summed E-state index contributed by atoms with van der Waals surface area (Å²) >= 11 is 0. The van der Waals surface area contributed by atoms with E-state index in [1.165, 1.54) is 27.7 Å². The lowest BCUT2D eigenvalue weighted by molar-refractivity contribution is -0.103. The van der Waals surface area contributed by atoms with Crippen LogP contribution in [0.1, 0.15) is 30.2 Å². The molecule has 4 nitrogen and oxygen atoms in total. The Labute approximate surface area is 132 Å². The van der Waals surface area contributed by atoms with E-state index in [2.05, 4.69) is 41.6 Å². The van der Waals surface area contributed by atoms with E-state index in [-0.39, 0.29) is 0 Å². The summed E-state index contributed by atoms with van der Waals surface area (Å²) < 4.78 is 7.62. The van der Waals surface area contributed by atoms with Gasteiger partial charge in [0.1, 0.15) is 0 Å². The summed E-state index contributed by atoms with van der Waals surface area (Å²) in [6.45, 7) is 7.19. The van der Waals surface area contributed by atoms with E-state index in [1.807, 2.05) is 6.92 Å². The van der Waals surface area contributed by atoms with Gasteiger partial charge >= 0.3 is 0 Å². The third-order valence-corrected chi connectivity index (χ3v) is 4.52. The molecule has 0 fully saturated rings. The SMILES string of the molecule is CCOC(O)Cn1c2c(c3cc(C)ccc31)CN(C)CCC2. The molecule has 1 atom stereocenters. The quantitative estimate of drug-likeness (QED) is 0.882. The predicted octanol–water partition coefficient (Wildman–Crippen LogP) is 2.68. The predicted molar refractivity (Wildman–Crippen MR) is 89.0 cm³/mol. The molecule has 1 unspecified atom stereocenters. The number of aromatic nitrogens is 1. The van der Waals surface area contributed by atoms with Gasteiger partial charge in [-0.25, -0.2) is 0 Å².